The van der Waals surface area contributed by atoms with Crippen LogP contribution in [0.1, 0.15) is 11.6 Å². The SMILES string of the molecule is NC1CSc2c(Br)cccc21. The Hall–Kier alpha value is 0.0100. The van der Waals surface area contributed by atoms with Gasteiger partial charge in [0.05, 0.1) is 0 Å². The van der Waals surface area contributed by atoms with E-state index in [1.807, 2.05) is 17.8 Å². The predicted molar refractivity (Wildman–Crippen MR) is 51.8 cm³/mol. The summed E-state index contributed by atoms with van der Waals surface area (Å²) in [6.45, 7) is 0. The van der Waals surface area contributed by atoms with Gasteiger partial charge in [0.15, 0.2) is 0 Å². The van der Waals surface area contributed by atoms with Crippen molar-refractivity contribution < 1.29 is 0 Å². The Morgan fingerprint density at radius 1 is 1.55 bits per heavy atom. The number of nitrogens with two attached hydrogens (primary N) is 1. The van der Waals surface area contributed by atoms with E-state index in [0.29, 0.717) is 0 Å². The molecule has 1 aromatic carbocycles. The number of rotatable bonds is 0. The second-order valence-corrected chi connectivity index (χ2v) is 4.46. The van der Waals surface area contributed by atoms with Crippen molar-refractivity contribution in [2.45, 2.75) is 10.9 Å². The molecule has 0 spiro atoms. The molecule has 1 atom stereocenters. The minimum atomic E-state index is 0.229. The molecular weight excluding hydrogens is 222 g/mol. The number of hydrogen-bond acceptors (Lipinski definition) is 2. The summed E-state index contributed by atoms with van der Waals surface area (Å²) in [6, 6.07) is 6.43. The predicted octanol–water partition coefficient (Wildman–Crippen LogP) is 2.55. The highest BCUT2D eigenvalue weighted by Gasteiger charge is 2.20. The zero-order valence-corrected chi connectivity index (χ0v) is 8.28. The maximum Gasteiger partial charge on any atom is 0.0401 e. The van der Waals surface area contributed by atoms with Gasteiger partial charge in [-0.25, -0.2) is 0 Å². The lowest BCUT2D eigenvalue weighted by molar-refractivity contribution is 0.832. The van der Waals surface area contributed by atoms with Crippen LogP contribution >= 0.6 is 27.7 Å². The van der Waals surface area contributed by atoms with Crippen LogP contribution < -0.4 is 5.73 Å². The maximum absolute atomic E-state index is 5.87. The van der Waals surface area contributed by atoms with Crippen LogP contribution in [0.2, 0.25) is 0 Å². The largest absolute Gasteiger partial charge is 0.323 e. The molecule has 1 aromatic rings. The van der Waals surface area contributed by atoms with E-state index < -0.39 is 0 Å². The fourth-order valence-electron chi connectivity index (χ4n) is 1.23. The molecular formula is C8H8BrNS. The van der Waals surface area contributed by atoms with Crippen molar-refractivity contribution in [3.05, 3.63) is 28.2 Å². The third-order valence-electron chi connectivity index (χ3n) is 1.80. The van der Waals surface area contributed by atoms with Crippen molar-refractivity contribution >= 4 is 27.7 Å². The molecule has 0 aromatic heterocycles. The number of fused-ring (bicyclic) bond motifs is 1. The number of thioether (sulfide) groups is 1. The summed E-state index contributed by atoms with van der Waals surface area (Å²) in [4.78, 5) is 1.32. The average Bonchev–Trinajstić information content (AvgIpc) is 2.35. The van der Waals surface area contributed by atoms with Crippen molar-refractivity contribution in [2.75, 3.05) is 5.75 Å². The van der Waals surface area contributed by atoms with Crippen molar-refractivity contribution in [2.24, 2.45) is 5.73 Å². The molecule has 2 rings (SSSR count). The van der Waals surface area contributed by atoms with Gasteiger partial charge in [0.1, 0.15) is 0 Å². The minimum Gasteiger partial charge on any atom is -0.323 e. The van der Waals surface area contributed by atoms with Gasteiger partial charge in [-0.15, -0.1) is 11.8 Å². The molecule has 1 nitrogen and oxygen atoms in total. The lowest BCUT2D eigenvalue weighted by atomic mass is 10.1. The lowest BCUT2D eigenvalue weighted by Crippen LogP contribution is -2.07. The number of hydrogen-bond donors (Lipinski definition) is 1. The van der Waals surface area contributed by atoms with E-state index in [1.165, 1.54) is 14.9 Å². The lowest BCUT2D eigenvalue weighted by Gasteiger charge is -2.02. The van der Waals surface area contributed by atoms with E-state index in [9.17, 15) is 0 Å². The molecule has 1 aliphatic heterocycles. The summed E-state index contributed by atoms with van der Waals surface area (Å²) >= 11 is 5.33. The summed E-state index contributed by atoms with van der Waals surface area (Å²) < 4.78 is 1.17. The van der Waals surface area contributed by atoms with E-state index in [2.05, 4.69) is 28.1 Å². The summed E-state index contributed by atoms with van der Waals surface area (Å²) in [5.41, 5.74) is 7.16. The fraction of sp³-hybridized carbons (Fsp3) is 0.250. The second kappa shape index (κ2) is 2.81. The fourth-order valence-corrected chi connectivity index (χ4v) is 3.08. The van der Waals surface area contributed by atoms with E-state index >= 15 is 0 Å². The van der Waals surface area contributed by atoms with E-state index in [4.69, 9.17) is 5.73 Å². The molecule has 11 heavy (non-hydrogen) atoms. The van der Waals surface area contributed by atoms with Gasteiger partial charge in [0.2, 0.25) is 0 Å². The van der Waals surface area contributed by atoms with Crippen molar-refractivity contribution in [3.8, 4) is 0 Å². The summed E-state index contributed by atoms with van der Waals surface area (Å²) in [6.07, 6.45) is 0. The topological polar surface area (TPSA) is 26.0 Å². The summed E-state index contributed by atoms with van der Waals surface area (Å²) in [5, 5.41) is 0. The summed E-state index contributed by atoms with van der Waals surface area (Å²) in [5.74, 6) is 1.01. The van der Waals surface area contributed by atoms with Gasteiger partial charge in [0.25, 0.3) is 0 Å². The third-order valence-corrected chi connectivity index (χ3v) is 4.00. The van der Waals surface area contributed by atoms with Crippen LogP contribution in [0.4, 0.5) is 0 Å². The van der Waals surface area contributed by atoms with Gasteiger partial charge >= 0.3 is 0 Å². The molecule has 1 heterocycles. The first-order valence-electron chi connectivity index (χ1n) is 3.46. The Kier molecular flexibility index (Phi) is 1.95. The third kappa shape index (κ3) is 1.21. The Balaban J connectivity index is 2.57. The van der Waals surface area contributed by atoms with Crippen LogP contribution in [0.15, 0.2) is 27.6 Å². The van der Waals surface area contributed by atoms with Crippen LogP contribution in [0.5, 0.6) is 0 Å². The summed E-state index contributed by atoms with van der Waals surface area (Å²) in [7, 11) is 0. The minimum absolute atomic E-state index is 0.229. The Morgan fingerprint density at radius 2 is 2.36 bits per heavy atom. The van der Waals surface area contributed by atoms with Crippen LogP contribution in [0.3, 0.4) is 0 Å². The van der Waals surface area contributed by atoms with Crippen LogP contribution in [0, 0.1) is 0 Å². The zero-order chi connectivity index (χ0) is 7.84. The van der Waals surface area contributed by atoms with Gasteiger partial charge < -0.3 is 5.73 Å². The highest BCUT2D eigenvalue weighted by molar-refractivity contribution is 9.10. The molecule has 2 N–H and O–H groups in total. The van der Waals surface area contributed by atoms with Crippen LogP contribution in [-0.4, -0.2) is 5.75 Å². The average molecular weight is 230 g/mol. The van der Waals surface area contributed by atoms with Gasteiger partial charge in [-0.05, 0) is 27.6 Å². The molecule has 0 amide bonds. The monoisotopic (exact) mass is 229 g/mol. The molecule has 0 aliphatic carbocycles. The van der Waals surface area contributed by atoms with E-state index in [-0.39, 0.29) is 6.04 Å². The molecule has 58 valence electrons. The first kappa shape index (κ1) is 7.65. The van der Waals surface area contributed by atoms with Gasteiger partial charge in [0, 0.05) is 21.2 Å². The smallest absolute Gasteiger partial charge is 0.0401 e. The molecule has 1 aliphatic rings. The molecule has 0 fully saturated rings. The maximum atomic E-state index is 5.87. The van der Waals surface area contributed by atoms with Crippen molar-refractivity contribution in [1.82, 2.24) is 0 Å². The second-order valence-electron chi connectivity index (χ2n) is 2.58. The Bertz CT molecular complexity index is 287. The highest BCUT2D eigenvalue weighted by Crippen LogP contribution is 2.41. The first-order valence-corrected chi connectivity index (χ1v) is 5.23. The molecule has 0 saturated carbocycles. The molecule has 0 saturated heterocycles. The first-order chi connectivity index (χ1) is 5.29. The Labute approximate surface area is 78.5 Å². The number of benzene rings is 1. The normalized spacial score (nSPS) is 21.8. The zero-order valence-electron chi connectivity index (χ0n) is 5.88. The Morgan fingerprint density at radius 3 is 3.09 bits per heavy atom. The molecule has 0 bridgehead atoms. The van der Waals surface area contributed by atoms with Crippen molar-refractivity contribution in [3.63, 3.8) is 0 Å². The standard InChI is InChI=1S/C8H8BrNS/c9-6-3-1-2-5-7(10)4-11-8(5)6/h1-3,7H,4,10H2. The number of halogens is 1. The molecule has 3 heteroatoms. The van der Waals surface area contributed by atoms with Crippen molar-refractivity contribution in [1.29, 1.82) is 0 Å². The van der Waals surface area contributed by atoms with Crippen LogP contribution in [-0.2, 0) is 0 Å². The van der Waals surface area contributed by atoms with E-state index in [0.717, 1.165) is 5.75 Å². The van der Waals surface area contributed by atoms with Gasteiger partial charge in [-0.1, -0.05) is 12.1 Å². The highest BCUT2D eigenvalue weighted by atomic mass is 79.9. The van der Waals surface area contributed by atoms with Gasteiger partial charge in [-0.2, -0.15) is 0 Å². The van der Waals surface area contributed by atoms with E-state index in [1.54, 1.807) is 0 Å². The van der Waals surface area contributed by atoms with Gasteiger partial charge in [-0.3, -0.25) is 0 Å². The molecule has 1 unspecified atom stereocenters. The van der Waals surface area contributed by atoms with Crippen LogP contribution in [0.25, 0.3) is 0 Å². The quantitative estimate of drug-likeness (QED) is 0.741. The molecule has 0 radical (unpaired) electrons.